The predicted octanol–water partition coefficient (Wildman–Crippen LogP) is 3.52. The summed E-state index contributed by atoms with van der Waals surface area (Å²) in [5.74, 6) is 2.11. The second-order valence-corrected chi connectivity index (χ2v) is 6.12. The Morgan fingerprint density at radius 3 is 2.42 bits per heavy atom. The standard InChI is InChI=1S/C15H27N3O/c1-3-15(2,11-16)14-17-13(18-19-14)12-9-7-5-4-6-8-10-12/h12H,3-11,16H2,1-2H3. The molecule has 1 saturated carbocycles. The normalized spacial score (nSPS) is 21.6. The van der Waals surface area contributed by atoms with Crippen LogP contribution in [0.25, 0.3) is 0 Å². The van der Waals surface area contributed by atoms with Gasteiger partial charge in [-0.25, -0.2) is 0 Å². The van der Waals surface area contributed by atoms with Gasteiger partial charge in [-0.3, -0.25) is 0 Å². The van der Waals surface area contributed by atoms with Crippen molar-refractivity contribution in [3.05, 3.63) is 11.7 Å². The molecule has 1 atom stereocenters. The fourth-order valence-electron chi connectivity index (χ4n) is 2.74. The maximum atomic E-state index is 5.86. The van der Waals surface area contributed by atoms with Crippen molar-refractivity contribution in [1.29, 1.82) is 0 Å². The van der Waals surface area contributed by atoms with Crippen LogP contribution in [-0.4, -0.2) is 16.7 Å². The highest BCUT2D eigenvalue weighted by Gasteiger charge is 2.31. The number of rotatable bonds is 4. The molecule has 0 saturated heterocycles. The first kappa shape index (κ1) is 14.5. The zero-order valence-electron chi connectivity index (χ0n) is 12.3. The highest BCUT2D eigenvalue weighted by molar-refractivity contribution is 5.06. The van der Waals surface area contributed by atoms with Gasteiger partial charge in [0.15, 0.2) is 5.82 Å². The summed E-state index contributed by atoms with van der Waals surface area (Å²) in [5.41, 5.74) is 5.68. The SMILES string of the molecule is CCC(C)(CN)c1nc(C2CCCCCCC2)no1. The summed E-state index contributed by atoms with van der Waals surface area (Å²) in [5, 5.41) is 4.23. The molecule has 108 valence electrons. The van der Waals surface area contributed by atoms with Gasteiger partial charge in [-0.1, -0.05) is 44.2 Å². The molecule has 0 radical (unpaired) electrons. The smallest absolute Gasteiger partial charge is 0.233 e. The molecular weight excluding hydrogens is 238 g/mol. The summed E-state index contributed by atoms with van der Waals surface area (Å²) >= 11 is 0. The molecule has 4 nitrogen and oxygen atoms in total. The maximum absolute atomic E-state index is 5.86. The minimum Gasteiger partial charge on any atom is -0.339 e. The summed E-state index contributed by atoms with van der Waals surface area (Å²) in [7, 11) is 0. The van der Waals surface area contributed by atoms with Gasteiger partial charge in [0.05, 0.1) is 5.41 Å². The molecule has 2 rings (SSSR count). The second-order valence-electron chi connectivity index (χ2n) is 6.12. The third kappa shape index (κ3) is 3.35. The summed E-state index contributed by atoms with van der Waals surface area (Å²) in [6.45, 7) is 4.77. The van der Waals surface area contributed by atoms with Gasteiger partial charge in [0.25, 0.3) is 0 Å². The number of aromatic nitrogens is 2. The van der Waals surface area contributed by atoms with Crippen molar-refractivity contribution in [2.75, 3.05) is 6.54 Å². The van der Waals surface area contributed by atoms with Crippen molar-refractivity contribution >= 4 is 0 Å². The lowest BCUT2D eigenvalue weighted by molar-refractivity contribution is 0.287. The predicted molar refractivity (Wildman–Crippen MR) is 76.1 cm³/mol. The van der Waals surface area contributed by atoms with Crippen molar-refractivity contribution in [1.82, 2.24) is 10.1 Å². The van der Waals surface area contributed by atoms with Crippen LogP contribution >= 0.6 is 0 Å². The topological polar surface area (TPSA) is 64.9 Å². The van der Waals surface area contributed by atoms with Gasteiger partial charge >= 0.3 is 0 Å². The third-order valence-electron chi connectivity index (χ3n) is 4.66. The average molecular weight is 265 g/mol. The Kier molecular flexibility index (Phi) is 4.97. The molecule has 1 unspecified atom stereocenters. The summed E-state index contributed by atoms with van der Waals surface area (Å²) in [4.78, 5) is 4.66. The lowest BCUT2D eigenvalue weighted by Gasteiger charge is -2.21. The summed E-state index contributed by atoms with van der Waals surface area (Å²) in [6.07, 6.45) is 9.97. The van der Waals surface area contributed by atoms with Crippen LogP contribution in [0.1, 0.15) is 82.8 Å². The van der Waals surface area contributed by atoms with Crippen molar-refractivity contribution in [2.45, 2.75) is 76.5 Å². The van der Waals surface area contributed by atoms with E-state index in [-0.39, 0.29) is 5.41 Å². The van der Waals surface area contributed by atoms with E-state index in [1.807, 2.05) is 0 Å². The monoisotopic (exact) mass is 265 g/mol. The van der Waals surface area contributed by atoms with Crippen LogP contribution in [0.3, 0.4) is 0 Å². The molecule has 1 aromatic heterocycles. The Balaban J connectivity index is 2.10. The van der Waals surface area contributed by atoms with Crippen LogP contribution in [0, 0.1) is 0 Å². The van der Waals surface area contributed by atoms with Gasteiger partial charge in [-0.05, 0) is 26.2 Å². The van der Waals surface area contributed by atoms with Crippen LogP contribution in [-0.2, 0) is 5.41 Å². The van der Waals surface area contributed by atoms with Crippen molar-refractivity contribution < 1.29 is 4.52 Å². The molecule has 1 fully saturated rings. The van der Waals surface area contributed by atoms with E-state index >= 15 is 0 Å². The maximum Gasteiger partial charge on any atom is 0.233 e. The molecular formula is C15H27N3O. The Labute approximate surface area is 116 Å². The van der Waals surface area contributed by atoms with Crippen LogP contribution in [0.15, 0.2) is 4.52 Å². The first-order chi connectivity index (χ1) is 9.19. The molecule has 1 aliphatic rings. The largest absolute Gasteiger partial charge is 0.339 e. The van der Waals surface area contributed by atoms with E-state index in [1.165, 1.54) is 44.9 Å². The average Bonchev–Trinajstić information content (AvgIpc) is 2.87. The molecule has 2 N–H and O–H groups in total. The lowest BCUT2D eigenvalue weighted by atomic mass is 9.87. The zero-order chi connectivity index (χ0) is 13.7. The van der Waals surface area contributed by atoms with Gasteiger partial charge in [0.1, 0.15) is 0 Å². The molecule has 0 bridgehead atoms. The highest BCUT2D eigenvalue weighted by Crippen LogP contribution is 2.31. The van der Waals surface area contributed by atoms with Gasteiger partial charge < -0.3 is 10.3 Å². The Morgan fingerprint density at radius 2 is 1.84 bits per heavy atom. The van der Waals surface area contributed by atoms with Crippen LogP contribution < -0.4 is 5.73 Å². The minimum absolute atomic E-state index is 0.174. The van der Waals surface area contributed by atoms with Crippen LogP contribution in [0.5, 0.6) is 0 Å². The van der Waals surface area contributed by atoms with Gasteiger partial charge in [0, 0.05) is 12.5 Å². The molecule has 1 heterocycles. The van der Waals surface area contributed by atoms with Crippen molar-refractivity contribution in [3.8, 4) is 0 Å². The fourth-order valence-corrected chi connectivity index (χ4v) is 2.74. The van der Waals surface area contributed by atoms with E-state index in [9.17, 15) is 0 Å². The van der Waals surface area contributed by atoms with E-state index < -0.39 is 0 Å². The van der Waals surface area contributed by atoms with Crippen molar-refractivity contribution in [2.24, 2.45) is 5.73 Å². The molecule has 4 heteroatoms. The molecule has 0 aliphatic heterocycles. The number of hydrogen-bond acceptors (Lipinski definition) is 4. The summed E-state index contributed by atoms with van der Waals surface area (Å²) in [6, 6.07) is 0. The lowest BCUT2D eigenvalue weighted by Crippen LogP contribution is -2.31. The van der Waals surface area contributed by atoms with Gasteiger partial charge in [-0.2, -0.15) is 4.98 Å². The fraction of sp³-hybridized carbons (Fsp3) is 0.867. The Bertz CT molecular complexity index is 376. The van der Waals surface area contributed by atoms with Gasteiger partial charge in [-0.15, -0.1) is 0 Å². The molecule has 0 spiro atoms. The van der Waals surface area contributed by atoms with Crippen LogP contribution in [0.2, 0.25) is 0 Å². The highest BCUT2D eigenvalue weighted by atomic mass is 16.5. The number of nitrogens with zero attached hydrogens (tertiary/aromatic N) is 2. The molecule has 0 aromatic carbocycles. The van der Waals surface area contributed by atoms with Crippen molar-refractivity contribution in [3.63, 3.8) is 0 Å². The first-order valence-corrected chi connectivity index (χ1v) is 7.74. The van der Waals surface area contributed by atoms with Gasteiger partial charge in [0.2, 0.25) is 5.89 Å². The zero-order valence-corrected chi connectivity index (χ0v) is 12.3. The second kappa shape index (κ2) is 6.51. The molecule has 1 aromatic rings. The summed E-state index contributed by atoms with van der Waals surface area (Å²) < 4.78 is 5.50. The van der Waals surface area contributed by atoms with E-state index in [4.69, 9.17) is 10.3 Å². The van der Waals surface area contributed by atoms with E-state index in [0.29, 0.717) is 12.5 Å². The van der Waals surface area contributed by atoms with Crippen LogP contribution in [0.4, 0.5) is 0 Å². The number of hydrogen-bond donors (Lipinski definition) is 1. The van der Waals surface area contributed by atoms with E-state index in [1.54, 1.807) is 0 Å². The molecule has 0 amide bonds. The first-order valence-electron chi connectivity index (χ1n) is 7.74. The minimum atomic E-state index is -0.174. The number of nitrogens with two attached hydrogens (primary N) is 1. The Hall–Kier alpha value is -0.900. The molecule has 1 aliphatic carbocycles. The molecule has 19 heavy (non-hydrogen) atoms. The Morgan fingerprint density at radius 1 is 1.21 bits per heavy atom. The quantitative estimate of drug-likeness (QED) is 0.904. The van der Waals surface area contributed by atoms with E-state index in [2.05, 4.69) is 24.0 Å². The van der Waals surface area contributed by atoms with E-state index in [0.717, 1.165) is 18.1 Å². The third-order valence-corrected chi connectivity index (χ3v) is 4.66.